The Balaban J connectivity index is 2.36. The first-order valence-electron chi connectivity index (χ1n) is 15.3. The number of hydrogen-bond acceptors (Lipinski definition) is 14. The number of esters is 4. The standard InChI is InChI=1S/C35H40N2O13S/c1-21-11-23(13-25(34(21)42)15-36(17-29(38)47-3)18-30(39)48-4)33(27-9-7-8-10-28(27)51(44,45)46)24-12-22(2)35(43)26(14-24)16-37(19-31(40)49-5)20-32(41)50-6/h7-14,42H,15-20H2,1-6H3,(H,44,45,46)/b33-24-. The van der Waals surface area contributed by atoms with Gasteiger partial charge in [0.25, 0.3) is 10.1 Å². The summed E-state index contributed by atoms with van der Waals surface area (Å²) in [5.41, 5.74) is 1.85. The van der Waals surface area contributed by atoms with Crippen LogP contribution in [0.5, 0.6) is 5.75 Å². The van der Waals surface area contributed by atoms with Crippen LogP contribution in [0.2, 0.25) is 0 Å². The maximum absolute atomic E-state index is 13.5. The molecule has 0 bridgehead atoms. The third kappa shape index (κ3) is 10.7. The molecule has 0 heterocycles. The Morgan fingerprint density at radius 2 is 1.24 bits per heavy atom. The van der Waals surface area contributed by atoms with E-state index < -0.39 is 44.7 Å². The van der Waals surface area contributed by atoms with Gasteiger partial charge < -0.3 is 24.1 Å². The van der Waals surface area contributed by atoms with Gasteiger partial charge in [-0.05, 0) is 72.0 Å². The number of nitrogens with zero attached hydrogens (tertiary/aromatic N) is 2. The van der Waals surface area contributed by atoms with Crippen LogP contribution in [0, 0.1) is 6.92 Å². The zero-order valence-electron chi connectivity index (χ0n) is 29.0. The molecule has 2 N–H and O–H groups in total. The number of Topliss-reactive ketones (excluding diaryl/α,β-unsaturated/α-hetero) is 1. The number of phenols is 1. The number of aromatic hydroxyl groups is 1. The molecule has 2 aromatic rings. The van der Waals surface area contributed by atoms with Crippen LogP contribution in [-0.4, -0.2) is 119 Å². The smallest absolute Gasteiger partial charge is 0.319 e. The largest absolute Gasteiger partial charge is 0.507 e. The minimum atomic E-state index is -4.81. The van der Waals surface area contributed by atoms with Gasteiger partial charge in [-0.15, -0.1) is 0 Å². The minimum Gasteiger partial charge on any atom is -0.507 e. The molecule has 0 amide bonds. The van der Waals surface area contributed by atoms with Gasteiger partial charge in [-0.1, -0.05) is 18.2 Å². The lowest BCUT2D eigenvalue weighted by atomic mass is 9.85. The van der Waals surface area contributed by atoms with Crippen molar-refractivity contribution < 1.29 is 61.0 Å². The molecule has 0 fully saturated rings. The Kier molecular flexibility index (Phi) is 14.0. The number of allylic oxidation sites excluding steroid dienone is 4. The summed E-state index contributed by atoms with van der Waals surface area (Å²) >= 11 is 0. The summed E-state index contributed by atoms with van der Waals surface area (Å²) in [7, 11) is -0.0932. The van der Waals surface area contributed by atoms with E-state index in [-0.39, 0.29) is 72.9 Å². The molecule has 0 unspecified atom stereocenters. The van der Waals surface area contributed by atoms with Crippen LogP contribution in [0.4, 0.5) is 0 Å². The molecule has 274 valence electrons. The number of methoxy groups -OCH3 is 4. The van der Waals surface area contributed by atoms with E-state index in [4.69, 9.17) is 18.9 Å². The van der Waals surface area contributed by atoms with Crippen molar-refractivity contribution in [3.8, 4) is 5.75 Å². The third-order valence-electron chi connectivity index (χ3n) is 7.85. The van der Waals surface area contributed by atoms with Gasteiger partial charge in [0.15, 0.2) is 5.78 Å². The SMILES string of the molecule is COC(=O)CN(CC(=O)OC)CC1=C/C(=C(/c2cc(C)c(O)c(CN(CC(=O)OC)CC(=O)OC)c2)c2ccccc2S(=O)(=O)O)C=C(C)C1=O. The van der Waals surface area contributed by atoms with E-state index in [9.17, 15) is 42.0 Å². The van der Waals surface area contributed by atoms with Crippen molar-refractivity contribution in [2.24, 2.45) is 0 Å². The Labute approximate surface area is 295 Å². The summed E-state index contributed by atoms with van der Waals surface area (Å²) in [5.74, 6) is -3.24. The Bertz CT molecular complexity index is 1880. The fourth-order valence-corrected chi connectivity index (χ4v) is 6.11. The molecule has 0 aliphatic heterocycles. The fourth-order valence-electron chi connectivity index (χ4n) is 5.41. The maximum Gasteiger partial charge on any atom is 0.319 e. The molecule has 0 saturated carbocycles. The summed E-state index contributed by atoms with van der Waals surface area (Å²) < 4.78 is 54.7. The normalized spacial score (nSPS) is 14.1. The van der Waals surface area contributed by atoms with Crippen molar-refractivity contribution in [3.05, 3.63) is 87.5 Å². The number of aryl methyl sites for hydroxylation is 1. The number of phenolic OH excluding ortho intramolecular Hbond substituents is 1. The predicted octanol–water partition coefficient (Wildman–Crippen LogP) is 2.00. The van der Waals surface area contributed by atoms with E-state index in [0.29, 0.717) is 16.7 Å². The Hall–Kier alpha value is -5.16. The third-order valence-corrected chi connectivity index (χ3v) is 8.76. The van der Waals surface area contributed by atoms with Gasteiger partial charge >= 0.3 is 23.9 Å². The van der Waals surface area contributed by atoms with Gasteiger partial charge in [0, 0.05) is 29.8 Å². The molecule has 2 aromatic carbocycles. The maximum atomic E-state index is 13.5. The molecule has 15 nitrogen and oxygen atoms in total. The summed E-state index contributed by atoms with van der Waals surface area (Å²) in [6, 6.07) is 8.74. The van der Waals surface area contributed by atoms with Gasteiger partial charge in [-0.2, -0.15) is 8.42 Å². The second kappa shape index (κ2) is 17.7. The highest BCUT2D eigenvalue weighted by atomic mass is 32.2. The first-order chi connectivity index (χ1) is 24.0. The molecular formula is C35H40N2O13S. The van der Waals surface area contributed by atoms with Crippen molar-refractivity contribution in [2.45, 2.75) is 25.3 Å². The molecule has 0 aromatic heterocycles. The lowest BCUT2D eigenvalue weighted by Crippen LogP contribution is -2.38. The summed E-state index contributed by atoms with van der Waals surface area (Å²) in [4.78, 5) is 64.5. The van der Waals surface area contributed by atoms with Crippen LogP contribution in [0.25, 0.3) is 5.57 Å². The van der Waals surface area contributed by atoms with E-state index in [2.05, 4.69) is 0 Å². The van der Waals surface area contributed by atoms with Crippen molar-refractivity contribution >= 4 is 45.4 Å². The van der Waals surface area contributed by atoms with Crippen molar-refractivity contribution in [1.82, 2.24) is 9.80 Å². The zero-order chi connectivity index (χ0) is 38.0. The van der Waals surface area contributed by atoms with Gasteiger partial charge in [0.05, 0.1) is 54.6 Å². The van der Waals surface area contributed by atoms with Crippen LogP contribution < -0.4 is 0 Å². The highest BCUT2D eigenvalue weighted by Gasteiger charge is 2.28. The molecule has 3 rings (SSSR count). The molecule has 0 atom stereocenters. The van der Waals surface area contributed by atoms with Crippen LogP contribution in [0.15, 0.2) is 70.2 Å². The molecule has 51 heavy (non-hydrogen) atoms. The number of hydrogen-bond donors (Lipinski definition) is 2. The summed E-state index contributed by atoms with van der Waals surface area (Å²) in [5, 5.41) is 11.1. The van der Waals surface area contributed by atoms with E-state index in [1.165, 1.54) is 81.6 Å². The number of benzene rings is 2. The zero-order valence-corrected chi connectivity index (χ0v) is 29.9. The number of carbonyl (C=O) groups is 5. The number of carbonyl (C=O) groups excluding carboxylic acids is 5. The molecule has 1 aliphatic rings. The van der Waals surface area contributed by atoms with Gasteiger partial charge in [0.2, 0.25) is 0 Å². The van der Waals surface area contributed by atoms with E-state index in [1.807, 2.05) is 0 Å². The first kappa shape index (κ1) is 40.3. The number of rotatable bonds is 15. The number of ketones is 1. The first-order valence-corrected chi connectivity index (χ1v) is 16.8. The Morgan fingerprint density at radius 3 is 1.73 bits per heavy atom. The lowest BCUT2D eigenvalue weighted by molar-refractivity contribution is -0.147. The lowest BCUT2D eigenvalue weighted by Gasteiger charge is -2.25. The topological polar surface area (TPSA) is 203 Å². The van der Waals surface area contributed by atoms with E-state index in [0.717, 1.165) is 0 Å². The van der Waals surface area contributed by atoms with E-state index >= 15 is 0 Å². The van der Waals surface area contributed by atoms with Gasteiger partial charge in [-0.3, -0.25) is 38.3 Å². The average Bonchev–Trinajstić information content (AvgIpc) is 3.08. The van der Waals surface area contributed by atoms with Crippen molar-refractivity contribution in [3.63, 3.8) is 0 Å². The number of ether oxygens (including phenoxy) is 4. The highest BCUT2D eigenvalue weighted by Crippen LogP contribution is 2.38. The molecule has 0 spiro atoms. The summed E-state index contributed by atoms with van der Waals surface area (Å²) in [6.07, 6.45) is 3.01. The fraction of sp³-hybridized carbons (Fsp3) is 0.343. The Morgan fingerprint density at radius 1 is 0.745 bits per heavy atom. The van der Waals surface area contributed by atoms with Gasteiger partial charge in [-0.25, -0.2) is 0 Å². The van der Waals surface area contributed by atoms with Crippen molar-refractivity contribution in [1.29, 1.82) is 0 Å². The molecule has 0 radical (unpaired) electrons. The summed E-state index contributed by atoms with van der Waals surface area (Å²) in [6.45, 7) is 1.38. The predicted molar refractivity (Wildman–Crippen MR) is 182 cm³/mol. The molecule has 0 saturated heterocycles. The monoisotopic (exact) mass is 728 g/mol. The van der Waals surface area contributed by atoms with Crippen LogP contribution in [0.1, 0.15) is 29.2 Å². The average molecular weight is 729 g/mol. The van der Waals surface area contributed by atoms with Crippen LogP contribution >= 0.6 is 0 Å². The molecular weight excluding hydrogens is 688 g/mol. The van der Waals surface area contributed by atoms with Crippen molar-refractivity contribution in [2.75, 3.05) is 61.2 Å². The molecule has 1 aliphatic carbocycles. The van der Waals surface area contributed by atoms with E-state index in [1.54, 1.807) is 19.1 Å². The highest BCUT2D eigenvalue weighted by molar-refractivity contribution is 7.86. The van der Waals surface area contributed by atoms with Crippen LogP contribution in [0.3, 0.4) is 0 Å². The van der Waals surface area contributed by atoms with Crippen LogP contribution in [-0.2, 0) is 59.6 Å². The minimum absolute atomic E-state index is 0.0435. The van der Waals surface area contributed by atoms with Gasteiger partial charge in [0.1, 0.15) is 10.6 Å². The quantitative estimate of drug-likeness (QED) is 0.153. The second-order valence-electron chi connectivity index (χ2n) is 11.5. The molecule has 16 heteroatoms. The second-order valence-corrected chi connectivity index (χ2v) is 12.9.